The molecule has 0 aromatic heterocycles. The van der Waals surface area contributed by atoms with E-state index in [1.54, 1.807) is 0 Å². The highest BCUT2D eigenvalue weighted by Crippen LogP contribution is 2.43. The van der Waals surface area contributed by atoms with Gasteiger partial charge >= 0.3 is 0 Å². The van der Waals surface area contributed by atoms with Crippen molar-refractivity contribution >= 4 is 5.91 Å². The molecule has 0 radical (unpaired) electrons. The van der Waals surface area contributed by atoms with Gasteiger partial charge in [-0.25, -0.2) is 0 Å². The molecule has 1 aliphatic heterocycles. The summed E-state index contributed by atoms with van der Waals surface area (Å²) in [4.78, 5) is 12.4. The summed E-state index contributed by atoms with van der Waals surface area (Å²) in [5.74, 6) is 1.25. The van der Waals surface area contributed by atoms with E-state index in [2.05, 4.69) is 5.32 Å². The second-order valence-electron chi connectivity index (χ2n) is 4.51. The number of para-hydroxylation sites is 2. The van der Waals surface area contributed by atoms with Gasteiger partial charge in [0.15, 0.2) is 0 Å². The Morgan fingerprint density at radius 1 is 1.05 bits per heavy atom. The van der Waals surface area contributed by atoms with E-state index in [9.17, 15) is 4.79 Å². The van der Waals surface area contributed by atoms with E-state index in [0.717, 1.165) is 22.6 Å². The number of amides is 1. The van der Waals surface area contributed by atoms with E-state index < -0.39 is 0 Å². The molecule has 0 bridgehead atoms. The van der Waals surface area contributed by atoms with Gasteiger partial charge in [-0.05, 0) is 19.1 Å². The standard InChI is InChI=1S/C16H15NO2/c1-2-17-16(18)15-11-7-3-5-9-13(11)19-14-10-6-4-8-12(14)15/h3-10,15H,2H2,1H3,(H,17,18). The molecule has 0 fully saturated rings. The Kier molecular flexibility index (Phi) is 2.95. The zero-order valence-corrected chi connectivity index (χ0v) is 10.7. The molecule has 3 heteroatoms. The van der Waals surface area contributed by atoms with Crippen LogP contribution in [0.15, 0.2) is 48.5 Å². The topological polar surface area (TPSA) is 38.3 Å². The number of benzene rings is 2. The maximum Gasteiger partial charge on any atom is 0.232 e. The maximum atomic E-state index is 12.4. The van der Waals surface area contributed by atoms with Crippen molar-refractivity contribution in [1.29, 1.82) is 0 Å². The van der Waals surface area contributed by atoms with Crippen LogP contribution in [0.25, 0.3) is 0 Å². The summed E-state index contributed by atoms with van der Waals surface area (Å²) in [6.45, 7) is 2.55. The smallest absolute Gasteiger partial charge is 0.232 e. The second-order valence-corrected chi connectivity index (χ2v) is 4.51. The zero-order chi connectivity index (χ0) is 13.2. The largest absolute Gasteiger partial charge is 0.457 e. The Hall–Kier alpha value is -2.29. The minimum absolute atomic E-state index is 0.0192. The van der Waals surface area contributed by atoms with Gasteiger partial charge in [0.1, 0.15) is 11.5 Å². The lowest BCUT2D eigenvalue weighted by molar-refractivity contribution is -0.121. The van der Waals surface area contributed by atoms with Crippen LogP contribution in [-0.4, -0.2) is 12.5 Å². The van der Waals surface area contributed by atoms with Crippen molar-refractivity contribution in [3.05, 3.63) is 59.7 Å². The molecule has 2 aromatic carbocycles. The molecular weight excluding hydrogens is 238 g/mol. The van der Waals surface area contributed by atoms with Gasteiger partial charge in [0.05, 0.1) is 5.92 Å². The van der Waals surface area contributed by atoms with Gasteiger partial charge in [0.2, 0.25) is 5.91 Å². The van der Waals surface area contributed by atoms with Crippen LogP contribution in [0, 0.1) is 0 Å². The van der Waals surface area contributed by atoms with Gasteiger partial charge in [0.25, 0.3) is 0 Å². The molecule has 0 spiro atoms. The molecule has 2 aromatic rings. The number of carbonyl (C=O) groups excluding carboxylic acids is 1. The minimum atomic E-state index is -0.291. The third kappa shape index (κ3) is 1.97. The van der Waals surface area contributed by atoms with Gasteiger partial charge in [0, 0.05) is 17.7 Å². The van der Waals surface area contributed by atoms with Crippen LogP contribution in [0.3, 0.4) is 0 Å². The quantitative estimate of drug-likeness (QED) is 0.893. The first-order valence-corrected chi connectivity index (χ1v) is 6.44. The molecule has 96 valence electrons. The first-order chi connectivity index (χ1) is 9.31. The first-order valence-electron chi connectivity index (χ1n) is 6.44. The SMILES string of the molecule is CCNC(=O)C1c2ccccc2Oc2ccccc21. The molecule has 1 aliphatic rings. The Labute approximate surface area is 112 Å². The van der Waals surface area contributed by atoms with Crippen molar-refractivity contribution in [3.8, 4) is 11.5 Å². The lowest BCUT2D eigenvalue weighted by Crippen LogP contribution is -2.31. The van der Waals surface area contributed by atoms with Crippen LogP contribution in [0.1, 0.15) is 24.0 Å². The van der Waals surface area contributed by atoms with E-state index in [1.807, 2.05) is 55.5 Å². The Bertz CT molecular complexity index is 576. The molecule has 1 N–H and O–H groups in total. The Balaban J connectivity index is 2.14. The Morgan fingerprint density at radius 3 is 2.11 bits per heavy atom. The van der Waals surface area contributed by atoms with Crippen LogP contribution >= 0.6 is 0 Å². The number of carbonyl (C=O) groups is 1. The molecule has 19 heavy (non-hydrogen) atoms. The summed E-state index contributed by atoms with van der Waals surface area (Å²) in [6.07, 6.45) is 0. The maximum absolute atomic E-state index is 12.4. The zero-order valence-electron chi connectivity index (χ0n) is 10.7. The molecule has 0 aliphatic carbocycles. The summed E-state index contributed by atoms with van der Waals surface area (Å²) in [6, 6.07) is 15.4. The normalized spacial score (nSPS) is 13.1. The van der Waals surface area contributed by atoms with Crippen molar-refractivity contribution in [2.24, 2.45) is 0 Å². The van der Waals surface area contributed by atoms with Gasteiger partial charge in [-0.15, -0.1) is 0 Å². The predicted molar refractivity (Wildman–Crippen MR) is 73.5 cm³/mol. The van der Waals surface area contributed by atoms with Crippen molar-refractivity contribution in [2.45, 2.75) is 12.8 Å². The van der Waals surface area contributed by atoms with Crippen molar-refractivity contribution in [3.63, 3.8) is 0 Å². The van der Waals surface area contributed by atoms with Gasteiger partial charge in [-0.1, -0.05) is 36.4 Å². The molecule has 0 saturated carbocycles. The summed E-state index contributed by atoms with van der Waals surface area (Å²) in [5.41, 5.74) is 1.85. The molecular formula is C16H15NO2. The summed E-state index contributed by atoms with van der Waals surface area (Å²) in [5, 5.41) is 2.90. The highest BCUT2D eigenvalue weighted by atomic mass is 16.5. The molecule has 1 heterocycles. The average molecular weight is 253 g/mol. The van der Waals surface area contributed by atoms with E-state index in [1.165, 1.54) is 0 Å². The lowest BCUT2D eigenvalue weighted by atomic mass is 9.87. The van der Waals surface area contributed by atoms with Crippen LogP contribution in [-0.2, 0) is 4.79 Å². The third-order valence-corrected chi connectivity index (χ3v) is 3.29. The van der Waals surface area contributed by atoms with Gasteiger partial charge in [-0.2, -0.15) is 0 Å². The first kappa shape index (κ1) is 11.8. The van der Waals surface area contributed by atoms with Crippen LogP contribution < -0.4 is 10.1 Å². The van der Waals surface area contributed by atoms with Gasteiger partial charge < -0.3 is 10.1 Å². The molecule has 0 saturated heterocycles. The summed E-state index contributed by atoms with van der Waals surface area (Å²) < 4.78 is 5.86. The third-order valence-electron chi connectivity index (χ3n) is 3.29. The molecule has 3 rings (SSSR count). The van der Waals surface area contributed by atoms with E-state index in [0.29, 0.717) is 6.54 Å². The van der Waals surface area contributed by atoms with Crippen molar-refractivity contribution in [2.75, 3.05) is 6.54 Å². The number of nitrogens with one attached hydrogen (secondary N) is 1. The predicted octanol–water partition coefficient (Wildman–Crippen LogP) is 3.06. The lowest BCUT2D eigenvalue weighted by Gasteiger charge is -2.27. The number of hydrogen-bond acceptors (Lipinski definition) is 2. The summed E-state index contributed by atoms with van der Waals surface area (Å²) in [7, 11) is 0. The van der Waals surface area contributed by atoms with Crippen molar-refractivity contribution in [1.82, 2.24) is 5.32 Å². The summed E-state index contributed by atoms with van der Waals surface area (Å²) >= 11 is 0. The molecule has 0 unspecified atom stereocenters. The number of ether oxygens (including phenoxy) is 1. The van der Waals surface area contributed by atoms with Gasteiger partial charge in [-0.3, -0.25) is 4.79 Å². The number of fused-ring (bicyclic) bond motifs is 2. The fraction of sp³-hybridized carbons (Fsp3) is 0.188. The number of likely N-dealkylation sites (N-methyl/N-ethyl adjacent to an activating group) is 1. The fourth-order valence-electron chi connectivity index (χ4n) is 2.47. The fourth-order valence-corrected chi connectivity index (χ4v) is 2.47. The number of hydrogen-bond donors (Lipinski definition) is 1. The van der Waals surface area contributed by atoms with Crippen LogP contribution in [0.4, 0.5) is 0 Å². The van der Waals surface area contributed by atoms with Crippen LogP contribution in [0.5, 0.6) is 11.5 Å². The highest BCUT2D eigenvalue weighted by Gasteiger charge is 2.31. The molecule has 0 atom stereocenters. The Morgan fingerprint density at radius 2 is 1.58 bits per heavy atom. The van der Waals surface area contributed by atoms with Crippen LogP contribution in [0.2, 0.25) is 0 Å². The van der Waals surface area contributed by atoms with E-state index >= 15 is 0 Å². The average Bonchev–Trinajstić information content (AvgIpc) is 2.44. The number of rotatable bonds is 2. The minimum Gasteiger partial charge on any atom is -0.457 e. The monoisotopic (exact) mass is 253 g/mol. The molecule has 1 amide bonds. The highest BCUT2D eigenvalue weighted by molar-refractivity contribution is 5.89. The van der Waals surface area contributed by atoms with E-state index in [4.69, 9.17) is 4.74 Å². The molecule has 3 nitrogen and oxygen atoms in total. The van der Waals surface area contributed by atoms with Crippen molar-refractivity contribution < 1.29 is 9.53 Å². The van der Waals surface area contributed by atoms with E-state index in [-0.39, 0.29) is 11.8 Å². The second kappa shape index (κ2) is 4.76.